The normalized spacial score (nSPS) is 21.3. The van der Waals surface area contributed by atoms with Gasteiger partial charge in [0.15, 0.2) is 0 Å². The summed E-state index contributed by atoms with van der Waals surface area (Å²) in [4.78, 5) is 18.3. The highest BCUT2D eigenvalue weighted by Crippen LogP contribution is 2.37. The molecule has 1 saturated heterocycles. The lowest BCUT2D eigenvalue weighted by atomic mass is 10.1. The van der Waals surface area contributed by atoms with E-state index in [2.05, 4.69) is 15.2 Å². The van der Waals surface area contributed by atoms with Crippen LogP contribution in [0.15, 0.2) is 0 Å². The number of carbonyl (C=O) groups is 1. The summed E-state index contributed by atoms with van der Waals surface area (Å²) in [6.07, 6.45) is 4.37. The second-order valence-corrected chi connectivity index (χ2v) is 5.05. The summed E-state index contributed by atoms with van der Waals surface area (Å²) in [7, 11) is 1.72. The van der Waals surface area contributed by atoms with Crippen LogP contribution in [0.4, 0.5) is 0 Å². The zero-order valence-corrected chi connectivity index (χ0v) is 10.6. The van der Waals surface area contributed by atoms with Crippen LogP contribution in [0.25, 0.3) is 0 Å². The number of methoxy groups -OCH3 is 1. The summed E-state index contributed by atoms with van der Waals surface area (Å²) >= 11 is 0. The molecular formula is C12H18N4O2. The van der Waals surface area contributed by atoms with Crippen molar-refractivity contribution in [2.45, 2.75) is 37.7 Å². The van der Waals surface area contributed by atoms with Crippen LogP contribution in [0.1, 0.15) is 48.0 Å². The fraction of sp³-hybridized carbons (Fsp3) is 0.750. The molecule has 1 N–H and O–H groups in total. The lowest BCUT2D eigenvalue weighted by Crippen LogP contribution is -2.41. The quantitative estimate of drug-likeness (QED) is 0.866. The maximum Gasteiger partial charge on any atom is 0.293 e. The SMILES string of the molecule is COC1CCN(C(=O)c2n[nH]c(C3CC3)n2)CC1. The Morgan fingerprint density at radius 1 is 1.33 bits per heavy atom. The third-order valence-electron chi connectivity index (χ3n) is 3.72. The van der Waals surface area contributed by atoms with Gasteiger partial charge in [0.05, 0.1) is 6.10 Å². The van der Waals surface area contributed by atoms with Crippen LogP contribution in [0.5, 0.6) is 0 Å². The molecule has 1 aromatic rings. The van der Waals surface area contributed by atoms with Gasteiger partial charge in [0.1, 0.15) is 5.82 Å². The molecule has 6 nitrogen and oxygen atoms in total. The number of hydrogen-bond acceptors (Lipinski definition) is 4. The number of rotatable bonds is 3. The van der Waals surface area contributed by atoms with Crippen molar-refractivity contribution >= 4 is 5.91 Å². The van der Waals surface area contributed by atoms with Crippen molar-refractivity contribution < 1.29 is 9.53 Å². The van der Waals surface area contributed by atoms with E-state index in [9.17, 15) is 4.79 Å². The van der Waals surface area contributed by atoms with Crippen LogP contribution >= 0.6 is 0 Å². The average Bonchev–Trinajstić information content (AvgIpc) is 3.16. The first-order valence-electron chi connectivity index (χ1n) is 6.52. The molecule has 0 aromatic carbocycles. The van der Waals surface area contributed by atoms with Gasteiger partial charge >= 0.3 is 0 Å². The number of nitrogens with zero attached hydrogens (tertiary/aromatic N) is 3. The van der Waals surface area contributed by atoms with Gasteiger partial charge in [-0.2, -0.15) is 0 Å². The number of nitrogens with one attached hydrogen (secondary N) is 1. The Balaban J connectivity index is 1.63. The molecule has 18 heavy (non-hydrogen) atoms. The van der Waals surface area contributed by atoms with Gasteiger partial charge < -0.3 is 9.64 Å². The van der Waals surface area contributed by atoms with Gasteiger partial charge in [-0.25, -0.2) is 4.98 Å². The van der Waals surface area contributed by atoms with Crippen LogP contribution in [0.3, 0.4) is 0 Å². The molecule has 3 rings (SSSR count). The van der Waals surface area contributed by atoms with E-state index in [1.54, 1.807) is 7.11 Å². The minimum atomic E-state index is -0.0623. The number of H-pyrrole nitrogens is 1. The van der Waals surface area contributed by atoms with Crippen molar-refractivity contribution in [3.05, 3.63) is 11.6 Å². The van der Waals surface area contributed by atoms with Crippen LogP contribution in [-0.2, 0) is 4.74 Å². The molecule has 1 saturated carbocycles. The molecule has 1 aliphatic carbocycles. The minimum Gasteiger partial charge on any atom is -0.381 e. The summed E-state index contributed by atoms with van der Waals surface area (Å²) in [6, 6.07) is 0. The topological polar surface area (TPSA) is 71.1 Å². The van der Waals surface area contributed by atoms with E-state index in [0.717, 1.165) is 44.6 Å². The van der Waals surface area contributed by atoms with Crippen molar-refractivity contribution in [3.63, 3.8) is 0 Å². The largest absolute Gasteiger partial charge is 0.381 e. The summed E-state index contributed by atoms with van der Waals surface area (Å²) in [6.45, 7) is 1.45. The van der Waals surface area contributed by atoms with Crippen molar-refractivity contribution in [3.8, 4) is 0 Å². The van der Waals surface area contributed by atoms with Gasteiger partial charge in [-0.3, -0.25) is 9.89 Å². The van der Waals surface area contributed by atoms with Crippen LogP contribution in [0, 0.1) is 0 Å². The van der Waals surface area contributed by atoms with E-state index in [1.165, 1.54) is 0 Å². The van der Waals surface area contributed by atoms with Crippen LogP contribution in [0.2, 0.25) is 0 Å². The van der Waals surface area contributed by atoms with Crippen molar-refractivity contribution in [2.75, 3.05) is 20.2 Å². The smallest absolute Gasteiger partial charge is 0.293 e. The fourth-order valence-corrected chi connectivity index (χ4v) is 2.35. The standard InChI is InChI=1S/C12H18N4O2/c1-18-9-4-6-16(7-5-9)12(17)11-13-10(14-15-11)8-2-3-8/h8-9H,2-7H2,1H3,(H,13,14,15). The Morgan fingerprint density at radius 3 is 2.67 bits per heavy atom. The number of likely N-dealkylation sites (tertiary alicyclic amines) is 1. The molecule has 0 bridgehead atoms. The molecule has 1 aliphatic heterocycles. The monoisotopic (exact) mass is 250 g/mol. The van der Waals surface area contributed by atoms with E-state index < -0.39 is 0 Å². The number of aromatic amines is 1. The lowest BCUT2D eigenvalue weighted by molar-refractivity contribution is 0.0344. The third kappa shape index (κ3) is 2.25. The Hall–Kier alpha value is -1.43. The number of amides is 1. The number of aromatic nitrogens is 3. The summed E-state index contributed by atoms with van der Waals surface area (Å²) in [5.41, 5.74) is 0. The minimum absolute atomic E-state index is 0.0623. The molecule has 2 fully saturated rings. The fourth-order valence-electron chi connectivity index (χ4n) is 2.35. The number of hydrogen-bond donors (Lipinski definition) is 1. The number of ether oxygens (including phenoxy) is 1. The highest BCUT2D eigenvalue weighted by Gasteiger charge is 2.30. The molecule has 1 amide bonds. The second-order valence-electron chi connectivity index (χ2n) is 5.05. The molecule has 0 radical (unpaired) electrons. The maximum atomic E-state index is 12.2. The highest BCUT2D eigenvalue weighted by atomic mass is 16.5. The van der Waals surface area contributed by atoms with Gasteiger partial charge in [0.2, 0.25) is 5.82 Å². The van der Waals surface area contributed by atoms with E-state index in [4.69, 9.17) is 4.74 Å². The molecule has 2 aliphatic rings. The molecule has 98 valence electrons. The van der Waals surface area contributed by atoms with E-state index in [1.807, 2.05) is 4.90 Å². The second kappa shape index (κ2) is 4.68. The highest BCUT2D eigenvalue weighted by molar-refractivity contribution is 5.90. The molecule has 0 spiro atoms. The number of piperidine rings is 1. The summed E-state index contributed by atoms with van der Waals surface area (Å²) in [5.74, 6) is 1.61. The zero-order valence-electron chi connectivity index (χ0n) is 10.6. The molecular weight excluding hydrogens is 232 g/mol. The first-order valence-corrected chi connectivity index (χ1v) is 6.52. The van der Waals surface area contributed by atoms with E-state index in [0.29, 0.717) is 11.7 Å². The third-order valence-corrected chi connectivity index (χ3v) is 3.72. The predicted molar refractivity (Wildman–Crippen MR) is 64.3 cm³/mol. The van der Waals surface area contributed by atoms with Crippen molar-refractivity contribution in [2.24, 2.45) is 0 Å². The maximum absolute atomic E-state index is 12.2. The first kappa shape index (κ1) is 11.6. The van der Waals surface area contributed by atoms with Gasteiger partial charge in [-0.05, 0) is 25.7 Å². The summed E-state index contributed by atoms with van der Waals surface area (Å²) < 4.78 is 5.29. The van der Waals surface area contributed by atoms with Gasteiger partial charge in [0, 0.05) is 26.1 Å². The lowest BCUT2D eigenvalue weighted by Gasteiger charge is -2.30. The van der Waals surface area contributed by atoms with Gasteiger partial charge in [-0.15, -0.1) is 5.10 Å². The van der Waals surface area contributed by atoms with Crippen molar-refractivity contribution in [1.82, 2.24) is 20.1 Å². The Kier molecular flexibility index (Phi) is 3.03. The molecule has 1 aromatic heterocycles. The Labute approximate surface area is 106 Å². The predicted octanol–water partition coefficient (Wildman–Crippen LogP) is 0.933. The Morgan fingerprint density at radius 2 is 2.06 bits per heavy atom. The van der Waals surface area contributed by atoms with Crippen molar-refractivity contribution in [1.29, 1.82) is 0 Å². The zero-order chi connectivity index (χ0) is 12.5. The molecule has 2 heterocycles. The first-order chi connectivity index (χ1) is 8.78. The molecule has 0 unspecified atom stereocenters. The van der Waals surface area contributed by atoms with E-state index in [-0.39, 0.29) is 12.0 Å². The van der Waals surface area contributed by atoms with E-state index >= 15 is 0 Å². The Bertz CT molecular complexity index is 433. The molecule has 0 atom stereocenters. The molecule has 6 heteroatoms. The average molecular weight is 250 g/mol. The van der Waals surface area contributed by atoms with Crippen LogP contribution in [-0.4, -0.2) is 52.3 Å². The summed E-state index contributed by atoms with van der Waals surface area (Å²) in [5, 5.41) is 6.91. The van der Waals surface area contributed by atoms with Gasteiger partial charge in [0.25, 0.3) is 5.91 Å². The number of carbonyl (C=O) groups excluding carboxylic acids is 1. The van der Waals surface area contributed by atoms with Crippen LogP contribution < -0.4 is 0 Å². The van der Waals surface area contributed by atoms with Gasteiger partial charge in [-0.1, -0.05) is 0 Å².